The van der Waals surface area contributed by atoms with E-state index in [1.165, 1.54) is 6.20 Å². The van der Waals surface area contributed by atoms with Crippen LogP contribution < -0.4 is 5.32 Å². The zero-order valence-corrected chi connectivity index (χ0v) is 9.89. The zero-order valence-electron chi connectivity index (χ0n) is 8.31. The standard InChI is InChI=1S/C11H9ClN2OS/c12-10-1-3-13-6-9(10)11(15)14-5-8-2-4-16-7-8/h1-4,6-7H,5H2,(H,14,15). The summed E-state index contributed by atoms with van der Waals surface area (Å²) in [6, 6.07) is 3.57. The van der Waals surface area contributed by atoms with Crippen molar-refractivity contribution in [3.63, 3.8) is 0 Å². The minimum Gasteiger partial charge on any atom is -0.348 e. The van der Waals surface area contributed by atoms with E-state index in [1.807, 2.05) is 16.8 Å². The SMILES string of the molecule is O=C(NCc1ccsc1)c1cnccc1Cl. The maximum Gasteiger partial charge on any atom is 0.254 e. The maximum absolute atomic E-state index is 11.7. The molecule has 0 radical (unpaired) electrons. The van der Waals surface area contributed by atoms with E-state index < -0.39 is 0 Å². The van der Waals surface area contributed by atoms with Gasteiger partial charge < -0.3 is 5.32 Å². The summed E-state index contributed by atoms with van der Waals surface area (Å²) in [5, 5.41) is 7.16. The lowest BCUT2D eigenvalue weighted by Gasteiger charge is -2.04. The molecule has 1 amide bonds. The third-order valence-electron chi connectivity index (χ3n) is 2.05. The predicted octanol–water partition coefficient (Wildman–Crippen LogP) is 2.73. The number of rotatable bonds is 3. The Morgan fingerprint density at radius 1 is 1.50 bits per heavy atom. The third-order valence-corrected chi connectivity index (χ3v) is 3.11. The number of nitrogens with zero attached hydrogens (tertiary/aromatic N) is 1. The molecule has 0 saturated heterocycles. The third kappa shape index (κ3) is 2.59. The molecule has 0 spiro atoms. The second-order valence-electron chi connectivity index (χ2n) is 3.17. The van der Waals surface area contributed by atoms with Gasteiger partial charge >= 0.3 is 0 Å². The highest BCUT2D eigenvalue weighted by Crippen LogP contribution is 2.13. The van der Waals surface area contributed by atoms with Gasteiger partial charge in [-0.25, -0.2) is 0 Å². The van der Waals surface area contributed by atoms with Gasteiger partial charge in [0.2, 0.25) is 0 Å². The molecule has 0 aliphatic carbocycles. The molecule has 3 nitrogen and oxygen atoms in total. The summed E-state index contributed by atoms with van der Waals surface area (Å²) in [4.78, 5) is 15.6. The van der Waals surface area contributed by atoms with Crippen LogP contribution in [0.5, 0.6) is 0 Å². The van der Waals surface area contributed by atoms with Gasteiger partial charge in [-0.15, -0.1) is 0 Å². The Labute approximate surface area is 102 Å². The van der Waals surface area contributed by atoms with Gasteiger partial charge in [0.15, 0.2) is 0 Å². The minimum atomic E-state index is -0.204. The summed E-state index contributed by atoms with van der Waals surface area (Å²) in [6.07, 6.45) is 3.02. The fourth-order valence-electron chi connectivity index (χ4n) is 1.22. The lowest BCUT2D eigenvalue weighted by molar-refractivity contribution is 0.0950. The topological polar surface area (TPSA) is 42.0 Å². The normalized spacial score (nSPS) is 10.1. The highest BCUT2D eigenvalue weighted by Gasteiger charge is 2.09. The number of halogens is 1. The van der Waals surface area contributed by atoms with Crippen LogP contribution in [0.1, 0.15) is 15.9 Å². The second-order valence-corrected chi connectivity index (χ2v) is 4.36. The van der Waals surface area contributed by atoms with E-state index in [2.05, 4.69) is 10.3 Å². The largest absolute Gasteiger partial charge is 0.348 e. The van der Waals surface area contributed by atoms with E-state index in [1.54, 1.807) is 23.6 Å². The molecule has 2 heterocycles. The van der Waals surface area contributed by atoms with Crippen molar-refractivity contribution in [3.8, 4) is 0 Å². The van der Waals surface area contributed by atoms with Crippen LogP contribution in [0, 0.1) is 0 Å². The summed E-state index contributed by atoms with van der Waals surface area (Å²) < 4.78 is 0. The molecule has 0 fully saturated rings. The lowest BCUT2D eigenvalue weighted by Crippen LogP contribution is -2.22. The van der Waals surface area contributed by atoms with Gasteiger partial charge in [0, 0.05) is 18.9 Å². The highest BCUT2D eigenvalue weighted by molar-refractivity contribution is 7.07. The van der Waals surface area contributed by atoms with Crippen molar-refractivity contribution in [1.82, 2.24) is 10.3 Å². The van der Waals surface area contributed by atoms with E-state index in [0.29, 0.717) is 17.1 Å². The zero-order chi connectivity index (χ0) is 11.4. The van der Waals surface area contributed by atoms with E-state index in [0.717, 1.165) is 5.56 Å². The number of carbonyl (C=O) groups is 1. The second kappa shape index (κ2) is 5.09. The van der Waals surface area contributed by atoms with Crippen molar-refractivity contribution < 1.29 is 4.79 Å². The van der Waals surface area contributed by atoms with E-state index in [9.17, 15) is 4.79 Å². The molecule has 82 valence electrons. The molecule has 0 bridgehead atoms. The average Bonchev–Trinajstić information content (AvgIpc) is 2.79. The number of nitrogens with one attached hydrogen (secondary N) is 1. The van der Waals surface area contributed by atoms with Gasteiger partial charge in [0.05, 0.1) is 10.6 Å². The van der Waals surface area contributed by atoms with Crippen molar-refractivity contribution >= 4 is 28.8 Å². The summed E-state index contributed by atoms with van der Waals surface area (Å²) >= 11 is 7.48. The molecule has 16 heavy (non-hydrogen) atoms. The monoisotopic (exact) mass is 252 g/mol. The van der Waals surface area contributed by atoms with Crippen LogP contribution in [0.25, 0.3) is 0 Å². The smallest absolute Gasteiger partial charge is 0.254 e. The Kier molecular flexibility index (Phi) is 3.54. The maximum atomic E-state index is 11.7. The Morgan fingerprint density at radius 3 is 3.06 bits per heavy atom. The number of hydrogen-bond acceptors (Lipinski definition) is 3. The molecule has 2 rings (SSSR count). The van der Waals surface area contributed by atoms with Crippen molar-refractivity contribution in [1.29, 1.82) is 0 Å². The van der Waals surface area contributed by atoms with Crippen LogP contribution in [0.15, 0.2) is 35.3 Å². The van der Waals surface area contributed by atoms with Gasteiger partial charge in [-0.2, -0.15) is 11.3 Å². The molecule has 0 aromatic carbocycles. The van der Waals surface area contributed by atoms with Crippen LogP contribution >= 0.6 is 22.9 Å². The Morgan fingerprint density at radius 2 is 2.38 bits per heavy atom. The number of carbonyl (C=O) groups excluding carboxylic acids is 1. The molecule has 0 atom stereocenters. The molecule has 1 N–H and O–H groups in total. The van der Waals surface area contributed by atoms with Gasteiger partial charge in [-0.3, -0.25) is 9.78 Å². The minimum absolute atomic E-state index is 0.204. The molecule has 5 heteroatoms. The number of hydrogen-bond donors (Lipinski definition) is 1. The van der Waals surface area contributed by atoms with Crippen LogP contribution in [0.3, 0.4) is 0 Å². The van der Waals surface area contributed by atoms with Crippen molar-refractivity contribution in [3.05, 3.63) is 51.4 Å². The first kappa shape index (κ1) is 11.1. The molecule has 0 aliphatic heterocycles. The summed E-state index contributed by atoms with van der Waals surface area (Å²) in [5.74, 6) is -0.204. The van der Waals surface area contributed by atoms with Crippen molar-refractivity contribution in [2.75, 3.05) is 0 Å². The lowest BCUT2D eigenvalue weighted by atomic mass is 10.2. The molecule has 0 unspecified atom stereocenters. The van der Waals surface area contributed by atoms with Gasteiger partial charge in [-0.1, -0.05) is 11.6 Å². The van der Waals surface area contributed by atoms with Crippen LogP contribution in [0.2, 0.25) is 5.02 Å². The quantitative estimate of drug-likeness (QED) is 0.913. The van der Waals surface area contributed by atoms with Crippen molar-refractivity contribution in [2.24, 2.45) is 0 Å². The Balaban J connectivity index is 2.01. The number of amides is 1. The fraction of sp³-hybridized carbons (Fsp3) is 0.0909. The molecule has 0 aliphatic rings. The summed E-state index contributed by atoms with van der Waals surface area (Å²) in [5.41, 5.74) is 1.48. The first-order valence-electron chi connectivity index (χ1n) is 4.66. The summed E-state index contributed by atoms with van der Waals surface area (Å²) in [6.45, 7) is 0.507. The van der Waals surface area contributed by atoms with E-state index in [4.69, 9.17) is 11.6 Å². The molecule has 2 aromatic rings. The summed E-state index contributed by atoms with van der Waals surface area (Å²) in [7, 11) is 0. The first-order chi connectivity index (χ1) is 7.77. The number of aromatic nitrogens is 1. The Hall–Kier alpha value is -1.39. The molecule has 0 saturated carbocycles. The van der Waals surface area contributed by atoms with Gasteiger partial charge in [0.1, 0.15) is 0 Å². The van der Waals surface area contributed by atoms with Crippen LogP contribution in [-0.2, 0) is 6.54 Å². The molecular weight excluding hydrogens is 244 g/mol. The highest BCUT2D eigenvalue weighted by atomic mass is 35.5. The van der Waals surface area contributed by atoms with Gasteiger partial charge in [-0.05, 0) is 28.5 Å². The first-order valence-corrected chi connectivity index (χ1v) is 5.98. The predicted molar refractivity (Wildman–Crippen MR) is 64.7 cm³/mol. The van der Waals surface area contributed by atoms with Crippen molar-refractivity contribution in [2.45, 2.75) is 6.54 Å². The average molecular weight is 253 g/mol. The fourth-order valence-corrected chi connectivity index (χ4v) is 2.07. The Bertz CT molecular complexity index is 484. The van der Waals surface area contributed by atoms with E-state index in [-0.39, 0.29) is 5.91 Å². The van der Waals surface area contributed by atoms with Crippen LogP contribution in [0.4, 0.5) is 0 Å². The number of pyridine rings is 1. The number of thiophene rings is 1. The molecule has 2 aromatic heterocycles. The van der Waals surface area contributed by atoms with E-state index >= 15 is 0 Å². The van der Waals surface area contributed by atoms with Gasteiger partial charge in [0.25, 0.3) is 5.91 Å². The van der Waals surface area contributed by atoms with Crippen LogP contribution in [-0.4, -0.2) is 10.9 Å². The molecular formula is C11H9ClN2OS.